The molecule has 0 aromatic carbocycles. The zero-order valence-electron chi connectivity index (χ0n) is 7.81. The molecule has 14 heavy (non-hydrogen) atoms. The second kappa shape index (κ2) is 4.31. The van der Waals surface area contributed by atoms with Gasteiger partial charge in [-0.3, -0.25) is 0 Å². The molecule has 0 amide bonds. The van der Waals surface area contributed by atoms with E-state index >= 15 is 0 Å². The number of rotatable bonds is 2. The highest BCUT2D eigenvalue weighted by molar-refractivity contribution is 7.11. The van der Waals surface area contributed by atoms with Crippen molar-refractivity contribution >= 4 is 22.6 Å². The van der Waals surface area contributed by atoms with Gasteiger partial charge in [0.2, 0.25) is 0 Å². The van der Waals surface area contributed by atoms with E-state index in [1.165, 1.54) is 18.4 Å². The largest absolute Gasteiger partial charge is 0.144 e. The second-order valence-electron chi connectivity index (χ2n) is 3.30. The van der Waals surface area contributed by atoms with Crippen molar-refractivity contribution < 1.29 is 0 Å². The van der Waals surface area contributed by atoms with Crippen molar-refractivity contribution in [1.29, 1.82) is 0 Å². The number of hydrogen-bond donors (Lipinski definition) is 0. The Balaban J connectivity index is 2.34. The molecule has 1 heterocycles. The fourth-order valence-corrected chi connectivity index (χ4v) is 2.61. The summed E-state index contributed by atoms with van der Waals surface area (Å²) in [5.74, 6) is 0. The third kappa shape index (κ3) is 1.81. The van der Waals surface area contributed by atoms with E-state index in [1.807, 2.05) is 11.4 Å². The minimum absolute atomic E-state index is 0.783. The Morgan fingerprint density at radius 3 is 3.07 bits per heavy atom. The van der Waals surface area contributed by atoms with Crippen LogP contribution in [0.15, 0.2) is 22.6 Å². The number of azide groups is 1. The van der Waals surface area contributed by atoms with Crippen molar-refractivity contribution in [2.45, 2.75) is 25.7 Å². The van der Waals surface area contributed by atoms with Gasteiger partial charge < -0.3 is 0 Å². The Hall–Kier alpha value is -1.25. The van der Waals surface area contributed by atoms with Gasteiger partial charge in [-0.05, 0) is 48.2 Å². The zero-order chi connectivity index (χ0) is 9.80. The van der Waals surface area contributed by atoms with Crippen LogP contribution in [0, 0.1) is 0 Å². The van der Waals surface area contributed by atoms with Crippen LogP contribution >= 0.6 is 11.3 Å². The normalized spacial score (nSPS) is 15.9. The standard InChI is InChI=1S/C10H11N3S/c11-13-12-9-6-7-14-10(9)8-4-2-1-3-5-8/h4,6-7H,1-3,5H2. The number of thiophene rings is 1. The van der Waals surface area contributed by atoms with Crippen LogP contribution in [-0.4, -0.2) is 0 Å². The first-order valence-corrected chi connectivity index (χ1v) is 5.62. The maximum atomic E-state index is 8.40. The first kappa shape index (κ1) is 9.31. The number of allylic oxidation sites excluding steroid dienone is 2. The first-order valence-electron chi connectivity index (χ1n) is 4.74. The van der Waals surface area contributed by atoms with E-state index in [4.69, 9.17) is 5.53 Å². The zero-order valence-corrected chi connectivity index (χ0v) is 8.63. The smallest absolute Gasteiger partial charge is 0.0558 e. The number of nitrogens with zero attached hydrogens (tertiary/aromatic N) is 3. The average molecular weight is 205 g/mol. The molecule has 0 N–H and O–H groups in total. The molecule has 0 saturated carbocycles. The Morgan fingerprint density at radius 1 is 1.43 bits per heavy atom. The van der Waals surface area contributed by atoms with Crippen LogP contribution in [-0.2, 0) is 0 Å². The molecule has 72 valence electrons. The van der Waals surface area contributed by atoms with Gasteiger partial charge in [0.15, 0.2) is 0 Å². The highest BCUT2D eigenvalue weighted by atomic mass is 32.1. The lowest BCUT2D eigenvalue weighted by Gasteiger charge is -2.11. The van der Waals surface area contributed by atoms with Crippen LogP contribution in [0.1, 0.15) is 30.6 Å². The van der Waals surface area contributed by atoms with Crippen molar-refractivity contribution in [1.82, 2.24) is 0 Å². The molecule has 0 spiro atoms. The lowest BCUT2D eigenvalue weighted by molar-refractivity contribution is 0.743. The van der Waals surface area contributed by atoms with Gasteiger partial charge in [0.05, 0.1) is 5.69 Å². The van der Waals surface area contributed by atoms with Crippen LogP contribution in [0.3, 0.4) is 0 Å². The highest BCUT2D eigenvalue weighted by Crippen LogP contribution is 2.36. The summed E-state index contributed by atoms with van der Waals surface area (Å²) in [5, 5.41) is 5.67. The molecule has 1 aromatic rings. The van der Waals surface area contributed by atoms with Crippen LogP contribution in [0.4, 0.5) is 5.69 Å². The Labute approximate surface area is 86.7 Å². The predicted molar refractivity (Wildman–Crippen MR) is 59.6 cm³/mol. The fourth-order valence-electron chi connectivity index (χ4n) is 1.71. The van der Waals surface area contributed by atoms with Crippen molar-refractivity contribution in [3.05, 3.63) is 32.8 Å². The fraction of sp³-hybridized carbons (Fsp3) is 0.400. The summed E-state index contributed by atoms with van der Waals surface area (Å²) in [5.41, 5.74) is 10.5. The summed E-state index contributed by atoms with van der Waals surface area (Å²) >= 11 is 1.66. The third-order valence-electron chi connectivity index (χ3n) is 2.38. The molecule has 3 nitrogen and oxygen atoms in total. The molecule has 0 unspecified atom stereocenters. The van der Waals surface area contributed by atoms with Gasteiger partial charge in [0, 0.05) is 9.79 Å². The lowest BCUT2D eigenvalue weighted by atomic mass is 9.98. The Morgan fingerprint density at radius 2 is 2.36 bits per heavy atom. The van der Waals surface area contributed by atoms with Crippen LogP contribution < -0.4 is 0 Å². The summed E-state index contributed by atoms with van der Waals surface area (Å²) < 4.78 is 0. The summed E-state index contributed by atoms with van der Waals surface area (Å²) in [6, 6.07) is 1.88. The summed E-state index contributed by atoms with van der Waals surface area (Å²) in [7, 11) is 0. The molecular formula is C10H11N3S. The predicted octanol–water partition coefficient (Wildman–Crippen LogP) is 4.65. The van der Waals surface area contributed by atoms with Crippen LogP contribution in [0.5, 0.6) is 0 Å². The minimum Gasteiger partial charge on any atom is -0.144 e. The topological polar surface area (TPSA) is 48.8 Å². The molecule has 1 aromatic heterocycles. The van der Waals surface area contributed by atoms with Crippen molar-refractivity contribution in [3.8, 4) is 0 Å². The monoisotopic (exact) mass is 205 g/mol. The number of hydrogen-bond acceptors (Lipinski definition) is 2. The second-order valence-corrected chi connectivity index (χ2v) is 4.22. The van der Waals surface area contributed by atoms with Gasteiger partial charge in [0.25, 0.3) is 0 Å². The van der Waals surface area contributed by atoms with Crippen LogP contribution in [0.2, 0.25) is 0 Å². The molecule has 1 aliphatic rings. The SMILES string of the molecule is [N-]=[N+]=Nc1ccsc1C1=CCCCC1. The third-order valence-corrected chi connectivity index (χ3v) is 3.36. The minimum atomic E-state index is 0.783. The molecule has 0 fully saturated rings. The van der Waals surface area contributed by atoms with Crippen molar-refractivity contribution in [2.24, 2.45) is 5.11 Å². The van der Waals surface area contributed by atoms with E-state index in [-0.39, 0.29) is 0 Å². The molecule has 4 heteroatoms. The Kier molecular flexibility index (Phi) is 2.87. The Bertz CT molecular complexity index is 399. The summed E-state index contributed by atoms with van der Waals surface area (Å²) in [6.07, 6.45) is 7.08. The summed E-state index contributed by atoms with van der Waals surface area (Å²) in [4.78, 5) is 3.99. The van der Waals surface area contributed by atoms with E-state index in [2.05, 4.69) is 16.1 Å². The molecule has 0 aliphatic heterocycles. The lowest BCUT2D eigenvalue weighted by Crippen LogP contribution is -1.88. The van der Waals surface area contributed by atoms with Gasteiger partial charge in [-0.1, -0.05) is 11.2 Å². The molecule has 0 saturated heterocycles. The van der Waals surface area contributed by atoms with Gasteiger partial charge in [-0.15, -0.1) is 11.3 Å². The molecule has 2 rings (SSSR count). The van der Waals surface area contributed by atoms with E-state index in [1.54, 1.807) is 11.3 Å². The maximum absolute atomic E-state index is 8.40. The van der Waals surface area contributed by atoms with Gasteiger partial charge in [0.1, 0.15) is 0 Å². The van der Waals surface area contributed by atoms with Gasteiger partial charge in [-0.25, -0.2) is 0 Å². The van der Waals surface area contributed by atoms with E-state index < -0.39 is 0 Å². The van der Waals surface area contributed by atoms with E-state index in [9.17, 15) is 0 Å². The maximum Gasteiger partial charge on any atom is 0.0558 e. The molecule has 0 bridgehead atoms. The van der Waals surface area contributed by atoms with Gasteiger partial charge >= 0.3 is 0 Å². The quantitative estimate of drug-likeness (QED) is 0.383. The molecule has 0 atom stereocenters. The molecule has 0 radical (unpaired) electrons. The van der Waals surface area contributed by atoms with Crippen molar-refractivity contribution in [2.75, 3.05) is 0 Å². The summed E-state index contributed by atoms with van der Waals surface area (Å²) in [6.45, 7) is 0. The van der Waals surface area contributed by atoms with E-state index in [0.717, 1.165) is 23.4 Å². The van der Waals surface area contributed by atoms with E-state index in [0.29, 0.717) is 0 Å². The highest BCUT2D eigenvalue weighted by Gasteiger charge is 2.10. The van der Waals surface area contributed by atoms with Gasteiger partial charge in [-0.2, -0.15) is 0 Å². The average Bonchev–Trinajstić information content (AvgIpc) is 2.68. The molecular weight excluding hydrogens is 194 g/mol. The first-order chi connectivity index (χ1) is 6.92. The van der Waals surface area contributed by atoms with Crippen molar-refractivity contribution in [3.63, 3.8) is 0 Å². The molecule has 1 aliphatic carbocycles. The van der Waals surface area contributed by atoms with Crippen LogP contribution in [0.25, 0.3) is 16.0 Å².